The molecule has 2 rings (SSSR count). The molecule has 2 aromatic carbocycles. The van der Waals surface area contributed by atoms with Gasteiger partial charge >= 0.3 is 12.1 Å². The van der Waals surface area contributed by atoms with Crippen LogP contribution in [0.4, 0.5) is 18.9 Å². The molecule has 0 aliphatic carbocycles. The molecule has 1 amide bonds. The second kappa shape index (κ2) is 9.05. The zero-order chi connectivity index (χ0) is 21.6. The van der Waals surface area contributed by atoms with Gasteiger partial charge in [0, 0.05) is 12.1 Å². The first-order chi connectivity index (χ1) is 13.6. The lowest BCUT2D eigenvalue weighted by molar-refractivity contribution is -0.138. The van der Waals surface area contributed by atoms with Crippen molar-refractivity contribution < 1.29 is 37.8 Å². The number of ketones is 1. The third-order valence-corrected chi connectivity index (χ3v) is 3.75. The predicted molar refractivity (Wildman–Crippen MR) is 98.4 cm³/mol. The van der Waals surface area contributed by atoms with E-state index in [4.69, 9.17) is 5.11 Å². The van der Waals surface area contributed by atoms with E-state index in [1.165, 1.54) is 30.3 Å². The number of allylic oxidation sites excluding steroid dienone is 1. The number of amides is 1. The molecule has 0 saturated carbocycles. The highest BCUT2D eigenvalue weighted by Crippen LogP contribution is 2.30. The topological polar surface area (TPSA) is 104 Å². The fourth-order valence-electron chi connectivity index (χ4n) is 2.34. The minimum absolute atomic E-state index is 0.144. The van der Waals surface area contributed by atoms with Gasteiger partial charge in [-0.2, -0.15) is 13.2 Å². The number of phenols is 1. The average molecular weight is 407 g/mol. The van der Waals surface area contributed by atoms with Crippen LogP contribution in [0, 0.1) is 0 Å². The summed E-state index contributed by atoms with van der Waals surface area (Å²) >= 11 is 0. The molecule has 152 valence electrons. The van der Waals surface area contributed by atoms with E-state index in [1.54, 1.807) is 0 Å². The van der Waals surface area contributed by atoms with E-state index in [0.29, 0.717) is 0 Å². The lowest BCUT2D eigenvalue weighted by Gasteiger charge is -2.08. The molecule has 2 aromatic rings. The molecule has 0 radical (unpaired) electrons. The van der Waals surface area contributed by atoms with E-state index in [0.717, 1.165) is 24.3 Å². The monoisotopic (exact) mass is 407 g/mol. The van der Waals surface area contributed by atoms with Crippen LogP contribution in [0.25, 0.3) is 6.08 Å². The lowest BCUT2D eigenvalue weighted by atomic mass is 10.1. The molecule has 3 N–H and O–H groups in total. The van der Waals surface area contributed by atoms with Crippen molar-refractivity contribution in [1.82, 2.24) is 0 Å². The van der Waals surface area contributed by atoms with Gasteiger partial charge in [0.1, 0.15) is 5.75 Å². The van der Waals surface area contributed by atoms with E-state index in [1.807, 2.05) is 0 Å². The third-order valence-electron chi connectivity index (χ3n) is 3.75. The van der Waals surface area contributed by atoms with Crippen LogP contribution in [-0.4, -0.2) is 27.9 Å². The van der Waals surface area contributed by atoms with Crippen LogP contribution >= 0.6 is 0 Å². The van der Waals surface area contributed by atoms with E-state index in [9.17, 15) is 32.7 Å². The number of hydrogen-bond donors (Lipinski definition) is 3. The summed E-state index contributed by atoms with van der Waals surface area (Å²) < 4.78 is 38.2. The number of halogens is 3. The van der Waals surface area contributed by atoms with Gasteiger partial charge in [-0.25, -0.2) is 0 Å². The molecule has 0 unspecified atom stereocenters. The molecule has 0 spiro atoms. The summed E-state index contributed by atoms with van der Waals surface area (Å²) in [4.78, 5) is 34.5. The molecule has 0 aliphatic rings. The molecule has 0 heterocycles. The number of benzene rings is 2. The first-order valence-corrected chi connectivity index (χ1v) is 8.30. The van der Waals surface area contributed by atoms with Crippen LogP contribution in [0.3, 0.4) is 0 Å². The van der Waals surface area contributed by atoms with Crippen molar-refractivity contribution in [2.75, 3.05) is 5.32 Å². The maximum absolute atomic E-state index is 12.7. The second-order valence-electron chi connectivity index (χ2n) is 5.99. The van der Waals surface area contributed by atoms with Crippen LogP contribution < -0.4 is 5.32 Å². The van der Waals surface area contributed by atoms with Gasteiger partial charge in [0.05, 0.1) is 17.5 Å². The van der Waals surface area contributed by atoms with Gasteiger partial charge < -0.3 is 15.5 Å². The number of carboxylic acids is 1. The molecular weight excluding hydrogens is 391 g/mol. The Bertz CT molecular complexity index is 967. The van der Waals surface area contributed by atoms with Gasteiger partial charge in [0.2, 0.25) is 5.91 Å². The maximum Gasteiger partial charge on any atom is 0.416 e. The average Bonchev–Trinajstić information content (AvgIpc) is 2.65. The fourth-order valence-corrected chi connectivity index (χ4v) is 2.34. The molecule has 0 aliphatic heterocycles. The van der Waals surface area contributed by atoms with E-state index >= 15 is 0 Å². The van der Waals surface area contributed by atoms with Crippen molar-refractivity contribution in [2.24, 2.45) is 0 Å². The molecule has 0 aromatic heterocycles. The number of carbonyl (C=O) groups is 3. The summed E-state index contributed by atoms with van der Waals surface area (Å²) in [5, 5.41) is 20.8. The Hall–Kier alpha value is -3.62. The molecule has 6 nitrogen and oxygen atoms in total. The van der Waals surface area contributed by atoms with Crippen LogP contribution in [0.5, 0.6) is 5.75 Å². The molecule has 29 heavy (non-hydrogen) atoms. The number of nitrogens with one attached hydrogen (secondary N) is 1. The Kier molecular flexibility index (Phi) is 6.76. The Morgan fingerprint density at radius 1 is 1.03 bits per heavy atom. The molecule has 0 bridgehead atoms. The standard InChI is InChI=1S/C20H16F3NO5/c21-20(22,23)13-3-1-2-12(10-13)4-6-16(25)15-11-14(5-7-17(15)26)24-18(27)8-9-19(28)29/h1-7,10-11,26H,8-9H2,(H,24,27)(H,28,29)/b6-4+. The largest absolute Gasteiger partial charge is 0.507 e. The second-order valence-corrected chi connectivity index (χ2v) is 5.99. The number of carboxylic acid groups (broad SMARTS) is 1. The Morgan fingerprint density at radius 2 is 1.76 bits per heavy atom. The predicted octanol–water partition coefficient (Wildman–Crippen LogP) is 4.11. The van der Waals surface area contributed by atoms with Crippen LogP contribution in [-0.2, 0) is 15.8 Å². The molecule has 0 saturated heterocycles. The van der Waals surface area contributed by atoms with Crippen molar-refractivity contribution in [2.45, 2.75) is 19.0 Å². The van der Waals surface area contributed by atoms with Crippen molar-refractivity contribution in [1.29, 1.82) is 0 Å². The minimum Gasteiger partial charge on any atom is -0.507 e. The summed E-state index contributed by atoms with van der Waals surface area (Å²) in [5.74, 6) is -2.80. The number of phenolic OH excluding ortho intramolecular Hbond substituents is 1. The first-order valence-electron chi connectivity index (χ1n) is 8.30. The highest BCUT2D eigenvalue weighted by Gasteiger charge is 2.30. The van der Waals surface area contributed by atoms with E-state index in [-0.39, 0.29) is 35.4 Å². The van der Waals surface area contributed by atoms with Gasteiger partial charge in [-0.15, -0.1) is 0 Å². The highest BCUT2D eigenvalue weighted by atomic mass is 19.4. The van der Waals surface area contributed by atoms with Crippen molar-refractivity contribution >= 4 is 29.4 Å². The quantitative estimate of drug-likeness (QED) is 0.364. The summed E-state index contributed by atoms with van der Waals surface area (Å²) in [6.45, 7) is 0. The SMILES string of the molecule is O=C(O)CCC(=O)Nc1ccc(O)c(C(=O)/C=C/c2cccc(C(F)(F)F)c2)c1. The number of hydrogen-bond acceptors (Lipinski definition) is 4. The number of rotatable bonds is 7. The third kappa shape index (κ3) is 6.49. The number of carbonyl (C=O) groups excluding carboxylic acids is 2. The minimum atomic E-state index is -4.51. The zero-order valence-electron chi connectivity index (χ0n) is 14.9. The number of aliphatic carboxylic acids is 1. The van der Waals surface area contributed by atoms with Gasteiger partial charge in [-0.05, 0) is 42.0 Å². The van der Waals surface area contributed by atoms with Crippen molar-refractivity contribution in [3.05, 3.63) is 65.2 Å². The van der Waals surface area contributed by atoms with Gasteiger partial charge in [0.15, 0.2) is 5.78 Å². The van der Waals surface area contributed by atoms with Crippen LogP contribution in [0.2, 0.25) is 0 Å². The molecule has 0 atom stereocenters. The van der Waals surface area contributed by atoms with Crippen molar-refractivity contribution in [3.63, 3.8) is 0 Å². The highest BCUT2D eigenvalue weighted by molar-refractivity contribution is 6.09. The van der Waals surface area contributed by atoms with E-state index in [2.05, 4.69) is 5.32 Å². The van der Waals surface area contributed by atoms with E-state index < -0.39 is 29.4 Å². The summed E-state index contributed by atoms with van der Waals surface area (Å²) in [6.07, 6.45) is -2.97. The number of aromatic hydroxyl groups is 1. The maximum atomic E-state index is 12.7. The van der Waals surface area contributed by atoms with Crippen LogP contribution in [0.1, 0.15) is 34.3 Å². The van der Waals surface area contributed by atoms with Gasteiger partial charge in [-0.3, -0.25) is 14.4 Å². The zero-order valence-corrected chi connectivity index (χ0v) is 14.9. The summed E-state index contributed by atoms with van der Waals surface area (Å²) in [6, 6.07) is 8.05. The lowest BCUT2D eigenvalue weighted by Crippen LogP contribution is -2.13. The molecule has 9 heteroatoms. The molecule has 0 fully saturated rings. The fraction of sp³-hybridized carbons (Fsp3) is 0.150. The number of anilines is 1. The van der Waals surface area contributed by atoms with Gasteiger partial charge in [0.25, 0.3) is 0 Å². The Labute approximate surface area is 163 Å². The summed E-state index contributed by atoms with van der Waals surface area (Å²) in [5.41, 5.74) is -0.731. The Morgan fingerprint density at radius 3 is 2.41 bits per heavy atom. The van der Waals surface area contributed by atoms with Crippen molar-refractivity contribution in [3.8, 4) is 5.75 Å². The number of alkyl halides is 3. The first kappa shape index (κ1) is 21.7. The smallest absolute Gasteiger partial charge is 0.416 e. The molecular formula is C20H16F3NO5. The van der Waals surface area contributed by atoms with Gasteiger partial charge in [-0.1, -0.05) is 18.2 Å². The normalized spacial score (nSPS) is 11.4. The summed E-state index contributed by atoms with van der Waals surface area (Å²) in [7, 11) is 0. The Balaban J connectivity index is 2.15. The van der Waals surface area contributed by atoms with Crippen LogP contribution in [0.15, 0.2) is 48.5 Å².